The predicted molar refractivity (Wildman–Crippen MR) is 157 cm³/mol. The van der Waals surface area contributed by atoms with Gasteiger partial charge < -0.3 is 9.80 Å². The molecule has 0 unspecified atom stereocenters. The van der Waals surface area contributed by atoms with E-state index in [1.807, 2.05) is 22.7 Å². The Balaban J connectivity index is 1.50. The summed E-state index contributed by atoms with van der Waals surface area (Å²) in [5.41, 5.74) is 2.58. The van der Waals surface area contributed by atoms with Crippen LogP contribution in [0.5, 0.6) is 0 Å². The molecule has 0 amide bonds. The SMILES string of the molecule is CCN(CC)CCC[n+]1ccc(/C=C/c2ccc(-c3ccc(N(CC)CC)s3)s2)c2ccccc21. The van der Waals surface area contributed by atoms with Crippen molar-refractivity contribution in [1.29, 1.82) is 0 Å². The van der Waals surface area contributed by atoms with Crippen molar-refractivity contribution in [2.75, 3.05) is 37.6 Å². The minimum Gasteiger partial charge on any atom is -0.364 e. The quantitative estimate of drug-likeness (QED) is 0.183. The van der Waals surface area contributed by atoms with E-state index in [0.717, 1.165) is 39.3 Å². The Bertz CT molecular complexity index is 1250. The zero-order valence-corrected chi connectivity index (χ0v) is 23.2. The van der Waals surface area contributed by atoms with Crippen LogP contribution in [0.15, 0.2) is 60.8 Å². The van der Waals surface area contributed by atoms with Crippen LogP contribution in [0.4, 0.5) is 5.00 Å². The van der Waals surface area contributed by atoms with Crippen LogP contribution in [0, 0.1) is 0 Å². The summed E-state index contributed by atoms with van der Waals surface area (Å²) >= 11 is 3.76. The van der Waals surface area contributed by atoms with Crippen LogP contribution < -0.4 is 9.47 Å². The number of rotatable bonds is 12. The maximum atomic E-state index is 2.50. The summed E-state index contributed by atoms with van der Waals surface area (Å²) in [7, 11) is 0. The number of fused-ring (bicyclic) bond motifs is 1. The lowest BCUT2D eigenvalue weighted by atomic mass is 10.1. The van der Waals surface area contributed by atoms with Crippen LogP contribution in [0.2, 0.25) is 0 Å². The molecule has 0 spiro atoms. The van der Waals surface area contributed by atoms with Gasteiger partial charge in [0.05, 0.1) is 10.4 Å². The Labute approximate surface area is 219 Å². The fourth-order valence-corrected chi connectivity index (χ4v) is 6.70. The lowest BCUT2D eigenvalue weighted by Gasteiger charge is -2.17. The highest BCUT2D eigenvalue weighted by Gasteiger charge is 2.12. The summed E-state index contributed by atoms with van der Waals surface area (Å²) in [4.78, 5) is 8.90. The maximum absolute atomic E-state index is 2.50. The van der Waals surface area contributed by atoms with Gasteiger partial charge in [0.25, 0.3) is 0 Å². The molecular weight excluding hydrogens is 466 g/mol. The summed E-state index contributed by atoms with van der Waals surface area (Å²) in [6, 6.07) is 20.1. The third-order valence-electron chi connectivity index (χ3n) is 6.69. The largest absolute Gasteiger partial charge is 0.364 e. The van der Waals surface area contributed by atoms with Crippen molar-refractivity contribution in [1.82, 2.24) is 4.90 Å². The van der Waals surface area contributed by atoms with Crippen molar-refractivity contribution in [3.8, 4) is 9.75 Å². The van der Waals surface area contributed by atoms with Crippen LogP contribution >= 0.6 is 22.7 Å². The van der Waals surface area contributed by atoms with Crippen LogP contribution in [0.3, 0.4) is 0 Å². The Morgan fingerprint density at radius 3 is 2.29 bits per heavy atom. The number of pyridine rings is 1. The first-order valence-electron chi connectivity index (χ1n) is 12.9. The van der Waals surface area contributed by atoms with E-state index in [1.54, 1.807) is 0 Å². The molecule has 5 heteroatoms. The third kappa shape index (κ3) is 6.21. The van der Waals surface area contributed by atoms with Crippen molar-refractivity contribution in [3.63, 3.8) is 0 Å². The topological polar surface area (TPSA) is 10.4 Å². The first-order chi connectivity index (χ1) is 17.2. The first-order valence-corrected chi connectivity index (χ1v) is 14.6. The maximum Gasteiger partial charge on any atom is 0.213 e. The molecule has 0 saturated heterocycles. The molecule has 4 aromatic rings. The Morgan fingerprint density at radius 1 is 0.771 bits per heavy atom. The lowest BCUT2D eigenvalue weighted by molar-refractivity contribution is -0.671. The van der Waals surface area contributed by atoms with Crippen molar-refractivity contribution in [2.45, 2.75) is 40.7 Å². The number of hydrogen-bond donors (Lipinski definition) is 0. The van der Waals surface area contributed by atoms with Crippen molar-refractivity contribution in [3.05, 3.63) is 71.2 Å². The monoisotopic (exact) mass is 504 g/mol. The minimum absolute atomic E-state index is 1.05. The Kier molecular flexibility index (Phi) is 9.13. The second-order valence-electron chi connectivity index (χ2n) is 8.71. The molecule has 0 aliphatic carbocycles. The fourth-order valence-electron chi connectivity index (χ4n) is 4.57. The number of hydrogen-bond acceptors (Lipinski definition) is 4. The first kappa shape index (κ1) is 25.6. The number of aryl methyl sites for hydroxylation is 1. The zero-order valence-electron chi connectivity index (χ0n) is 21.5. The summed E-state index contributed by atoms with van der Waals surface area (Å²) in [5.74, 6) is 0. The molecule has 0 aliphatic rings. The van der Waals surface area contributed by atoms with E-state index in [0.29, 0.717) is 0 Å². The summed E-state index contributed by atoms with van der Waals surface area (Å²) in [6.45, 7) is 15.5. The molecule has 0 radical (unpaired) electrons. The van der Waals surface area contributed by atoms with Gasteiger partial charge in [0.2, 0.25) is 5.52 Å². The standard InChI is InChI=1S/C30H38N3S2/c1-5-31(6-2)21-11-22-33-23-20-24(26-12-9-10-13-27(26)33)14-15-25-16-17-28(34-25)29-18-19-30(35-29)32(7-3)8-4/h9-10,12-20,23H,5-8,11,21-22H2,1-4H3/q+1. The predicted octanol–water partition coefficient (Wildman–Crippen LogP) is 7.67. The molecule has 3 aromatic heterocycles. The number of aromatic nitrogens is 1. The van der Waals surface area contributed by atoms with Crippen molar-refractivity contribution >= 4 is 50.7 Å². The lowest BCUT2D eigenvalue weighted by Crippen LogP contribution is -2.36. The van der Waals surface area contributed by atoms with Crippen molar-refractivity contribution < 1.29 is 4.57 Å². The number of thiophene rings is 2. The molecule has 3 heterocycles. The average molecular weight is 505 g/mol. The van der Waals surface area contributed by atoms with Gasteiger partial charge in [-0.2, -0.15) is 4.57 Å². The second-order valence-corrected chi connectivity index (χ2v) is 10.9. The van der Waals surface area contributed by atoms with E-state index in [2.05, 4.69) is 115 Å². The number of para-hydroxylation sites is 1. The summed E-state index contributed by atoms with van der Waals surface area (Å²) in [6.07, 6.45) is 7.96. The molecule has 0 saturated carbocycles. The molecule has 0 atom stereocenters. The molecule has 184 valence electrons. The van der Waals surface area contributed by atoms with Crippen LogP contribution in [-0.4, -0.2) is 37.6 Å². The van der Waals surface area contributed by atoms with Gasteiger partial charge in [0.1, 0.15) is 6.54 Å². The summed E-state index contributed by atoms with van der Waals surface area (Å²) in [5, 5.41) is 2.67. The van der Waals surface area contributed by atoms with Gasteiger partial charge in [0.15, 0.2) is 6.20 Å². The third-order valence-corrected chi connectivity index (χ3v) is 9.08. The van der Waals surface area contributed by atoms with Gasteiger partial charge in [-0.3, -0.25) is 0 Å². The number of benzene rings is 1. The molecule has 0 fully saturated rings. The second kappa shape index (κ2) is 12.5. The molecule has 0 aliphatic heterocycles. The van der Waals surface area contributed by atoms with Crippen LogP contribution in [0.1, 0.15) is 44.6 Å². The molecule has 0 bridgehead atoms. The van der Waals surface area contributed by atoms with E-state index in [9.17, 15) is 0 Å². The van der Waals surface area contributed by atoms with Crippen LogP contribution in [0.25, 0.3) is 32.8 Å². The average Bonchev–Trinajstić information content (AvgIpc) is 3.57. The normalized spacial score (nSPS) is 11.8. The van der Waals surface area contributed by atoms with E-state index in [-0.39, 0.29) is 0 Å². The van der Waals surface area contributed by atoms with E-state index < -0.39 is 0 Å². The molecular formula is C30H38N3S2+. The number of anilines is 1. The highest BCUT2D eigenvalue weighted by Crippen LogP contribution is 2.37. The molecule has 3 nitrogen and oxygen atoms in total. The van der Waals surface area contributed by atoms with Crippen LogP contribution in [-0.2, 0) is 6.54 Å². The minimum atomic E-state index is 1.05. The van der Waals surface area contributed by atoms with Crippen molar-refractivity contribution in [2.24, 2.45) is 0 Å². The highest BCUT2D eigenvalue weighted by molar-refractivity contribution is 7.24. The van der Waals surface area contributed by atoms with Gasteiger partial charge in [-0.1, -0.05) is 32.1 Å². The number of nitrogens with zero attached hydrogens (tertiary/aromatic N) is 3. The van der Waals surface area contributed by atoms with Gasteiger partial charge in [-0.15, -0.1) is 22.7 Å². The van der Waals surface area contributed by atoms with Gasteiger partial charge in [-0.25, -0.2) is 0 Å². The Hall–Kier alpha value is -2.47. The zero-order chi connectivity index (χ0) is 24.6. The van der Waals surface area contributed by atoms with Gasteiger partial charge >= 0.3 is 0 Å². The fraction of sp³-hybridized carbons (Fsp3) is 0.367. The van der Waals surface area contributed by atoms with E-state index in [1.165, 1.54) is 42.5 Å². The van der Waals surface area contributed by atoms with Gasteiger partial charge in [-0.05, 0) is 68.9 Å². The Morgan fingerprint density at radius 2 is 1.51 bits per heavy atom. The van der Waals surface area contributed by atoms with Gasteiger partial charge in [0, 0.05) is 52.8 Å². The molecule has 1 aromatic carbocycles. The molecule has 0 N–H and O–H groups in total. The van der Waals surface area contributed by atoms with E-state index in [4.69, 9.17) is 0 Å². The highest BCUT2D eigenvalue weighted by atomic mass is 32.1. The molecule has 4 rings (SSSR count). The summed E-state index contributed by atoms with van der Waals surface area (Å²) < 4.78 is 2.41. The molecule has 35 heavy (non-hydrogen) atoms. The van der Waals surface area contributed by atoms with E-state index >= 15 is 0 Å². The smallest absolute Gasteiger partial charge is 0.213 e.